The molecule has 22 heavy (non-hydrogen) atoms. The van der Waals surface area contributed by atoms with Crippen LogP contribution in [0.4, 0.5) is 10.5 Å². The monoisotopic (exact) mass is 306 g/mol. The summed E-state index contributed by atoms with van der Waals surface area (Å²) in [5, 5.41) is 15.4. The molecule has 0 bridgehead atoms. The van der Waals surface area contributed by atoms with Crippen molar-refractivity contribution in [1.82, 2.24) is 5.32 Å². The van der Waals surface area contributed by atoms with E-state index < -0.39 is 0 Å². The van der Waals surface area contributed by atoms with Gasteiger partial charge in [0.15, 0.2) is 0 Å². The second-order valence-electron chi connectivity index (χ2n) is 5.71. The van der Waals surface area contributed by atoms with Crippen LogP contribution in [0, 0.1) is 5.92 Å². The number of benzene rings is 1. The number of aliphatic hydroxyl groups is 1. The van der Waals surface area contributed by atoms with Gasteiger partial charge in [-0.15, -0.1) is 0 Å². The van der Waals surface area contributed by atoms with E-state index in [1.165, 1.54) is 6.42 Å². The van der Waals surface area contributed by atoms with Crippen molar-refractivity contribution in [2.24, 2.45) is 5.92 Å². The average Bonchev–Trinajstić information content (AvgIpc) is 2.74. The van der Waals surface area contributed by atoms with E-state index in [0.717, 1.165) is 25.7 Å². The van der Waals surface area contributed by atoms with Gasteiger partial charge in [0, 0.05) is 18.6 Å². The Morgan fingerprint density at radius 1 is 1.27 bits per heavy atom. The Morgan fingerprint density at radius 2 is 2.05 bits per heavy atom. The van der Waals surface area contributed by atoms with Crippen molar-refractivity contribution in [1.29, 1.82) is 0 Å². The Kier molecular flexibility index (Phi) is 6.52. The number of hydrogen-bond donors (Lipinski definition) is 3. The highest BCUT2D eigenvalue weighted by Gasteiger charge is 2.24. The fourth-order valence-electron chi connectivity index (χ4n) is 2.97. The average molecular weight is 306 g/mol. The minimum absolute atomic E-state index is 0.0340. The SMILES string of the molecule is CCOc1ccccc1NC(=O)NC1CCCCCC1CO. The molecule has 1 fully saturated rings. The molecule has 1 aromatic rings. The lowest BCUT2D eigenvalue weighted by atomic mass is 9.96. The van der Waals surface area contributed by atoms with E-state index in [-0.39, 0.29) is 24.6 Å². The highest BCUT2D eigenvalue weighted by atomic mass is 16.5. The Morgan fingerprint density at radius 3 is 2.82 bits per heavy atom. The number of rotatable bonds is 5. The van der Waals surface area contributed by atoms with Crippen molar-refractivity contribution in [2.75, 3.05) is 18.5 Å². The summed E-state index contributed by atoms with van der Waals surface area (Å²) >= 11 is 0. The fourth-order valence-corrected chi connectivity index (χ4v) is 2.97. The number of carbonyl (C=O) groups excluding carboxylic acids is 1. The van der Waals surface area contributed by atoms with Gasteiger partial charge in [-0.25, -0.2) is 4.79 Å². The second-order valence-corrected chi connectivity index (χ2v) is 5.71. The third-order valence-corrected chi connectivity index (χ3v) is 4.15. The van der Waals surface area contributed by atoms with Gasteiger partial charge in [-0.1, -0.05) is 31.4 Å². The zero-order chi connectivity index (χ0) is 15.8. The van der Waals surface area contributed by atoms with E-state index in [0.29, 0.717) is 18.0 Å². The van der Waals surface area contributed by atoms with Crippen LogP contribution in [0.3, 0.4) is 0 Å². The molecule has 2 unspecified atom stereocenters. The molecule has 0 aromatic heterocycles. The number of urea groups is 1. The molecule has 5 heteroatoms. The van der Waals surface area contributed by atoms with Gasteiger partial charge in [0.2, 0.25) is 0 Å². The number of ether oxygens (including phenoxy) is 1. The second kappa shape index (κ2) is 8.63. The molecule has 2 amide bonds. The van der Waals surface area contributed by atoms with Gasteiger partial charge in [0.25, 0.3) is 0 Å². The minimum atomic E-state index is -0.238. The number of aliphatic hydroxyl groups excluding tert-OH is 1. The van der Waals surface area contributed by atoms with Gasteiger partial charge in [0.05, 0.1) is 12.3 Å². The standard InChI is InChI=1S/C17H26N2O3/c1-2-22-16-11-7-6-10-15(16)19-17(21)18-14-9-5-3-4-8-13(14)12-20/h6-7,10-11,13-14,20H,2-5,8-9,12H2,1H3,(H2,18,19,21). The highest BCUT2D eigenvalue weighted by Crippen LogP contribution is 2.25. The first-order chi connectivity index (χ1) is 10.7. The van der Waals surface area contributed by atoms with Crippen LogP contribution in [0.25, 0.3) is 0 Å². The molecule has 2 rings (SSSR count). The van der Waals surface area contributed by atoms with Crippen molar-refractivity contribution >= 4 is 11.7 Å². The van der Waals surface area contributed by atoms with Gasteiger partial charge in [-0.2, -0.15) is 0 Å². The molecule has 3 N–H and O–H groups in total. The summed E-state index contributed by atoms with van der Waals surface area (Å²) in [4.78, 5) is 12.3. The maximum Gasteiger partial charge on any atom is 0.319 e. The molecule has 0 aliphatic heterocycles. The zero-order valence-electron chi connectivity index (χ0n) is 13.2. The predicted octanol–water partition coefficient (Wildman–Crippen LogP) is 3.15. The molecule has 0 heterocycles. The van der Waals surface area contributed by atoms with E-state index >= 15 is 0 Å². The lowest BCUT2D eigenvalue weighted by Gasteiger charge is -2.24. The van der Waals surface area contributed by atoms with Gasteiger partial charge >= 0.3 is 6.03 Å². The normalized spacial score (nSPS) is 21.7. The topological polar surface area (TPSA) is 70.6 Å². The van der Waals surface area contributed by atoms with Crippen molar-refractivity contribution in [2.45, 2.75) is 45.1 Å². The van der Waals surface area contributed by atoms with Crippen LogP contribution in [0.15, 0.2) is 24.3 Å². The Labute approximate surface area is 132 Å². The molecule has 0 radical (unpaired) electrons. The number of hydrogen-bond acceptors (Lipinski definition) is 3. The van der Waals surface area contributed by atoms with Crippen LogP contribution >= 0.6 is 0 Å². The Hall–Kier alpha value is -1.75. The van der Waals surface area contributed by atoms with Crippen LogP contribution in [-0.4, -0.2) is 30.4 Å². The van der Waals surface area contributed by atoms with Gasteiger partial charge in [-0.05, 0) is 31.9 Å². The van der Waals surface area contributed by atoms with E-state index in [4.69, 9.17) is 4.74 Å². The van der Waals surface area contributed by atoms with Crippen molar-refractivity contribution in [3.05, 3.63) is 24.3 Å². The van der Waals surface area contributed by atoms with E-state index in [2.05, 4.69) is 10.6 Å². The smallest absolute Gasteiger partial charge is 0.319 e. The molecule has 1 aliphatic carbocycles. The third kappa shape index (κ3) is 4.63. The van der Waals surface area contributed by atoms with Crippen molar-refractivity contribution < 1.29 is 14.6 Å². The third-order valence-electron chi connectivity index (χ3n) is 4.15. The summed E-state index contributed by atoms with van der Waals surface area (Å²) < 4.78 is 5.51. The first-order valence-corrected chi connectivity index (χ1v) is 8.14. The highest BCUT2D eigenvalue weighted by molar-refractivity contribution is 5.91. The molecular formula is C17H26N2O3. The van der Waals surface area contributed by atoms with Crippen LogP contribution in [0.1, 0.15) is 39.0 Å². The lowest BCUT2D eigenvalue weighted by Crippen LogP contribution is -2.43. The van der Waals surface area contributed by atoms with Gasteiger partial charge in [0.1, 0.15) is 5.75 Å². The Balaban J connectivity index is 1.97. The summed E-state index contributed by atoms with van der Waals surface area (Å²) in [6, 6.07) is 7.19. The number of nitrogens with one attached hydrogen (secondary N) is 2. The quantitative estimate of drug-likeness (QED) is 0.732. The molecule has 1 aromatic carbocycles. The summed E-state index contributed by atoms with van der Waals surface area (Å²) in [5.74, 6) is 0.815. The molecule has 1 saturated carbocycles. The summed E-state index contributed by atoms with van der Waals surface area (Å²) in [5.41, 5.74) is 0.663. The molecule has 2 atom stereocenters. The summed E-state index contributed by atoms with van der Waals surface area (Å²) in [7, 11) is 0. The maximum atomic E-state index is 12.3. The summed E-state index contributed by atoms with van der Waals surface area (Å²) in [6.45, 7) is 2.59. The predicted molar refractivity (Wildman–Crippen MR) is 87.2 cm³/mol. The lowest BCUT2D eigenvalue weighted by molar-refractivity contribution is 0.182. The maximum absolute atomic E-state index is 12.3. The number of para-hydroxylation sites is 2. The van der Waals surface area contributed by atoms with E-state index in [1.54, 1.807) is 0 Å². The van der Waals surface area contributed by atoms with Crippen LogP contribution < -0.4 is 15.4 Å². The number of amides is 2. The molecule has 5 nitrogen and oxygen atoms in total. The van der Waals surface area contributed by atoms with Gasteiger partial charge < -0.3 is 20.5 Å². The minimum Gasteiger partial charge on any atom is -0.492 e. The number of anilines is 1. The van der Waals surface area contributed by atoms with Crippen molar-refractivity contribution in [3.63, 3.8) is 0 Å². The van der Waals surface area contributed by atoms with E-state index in [9.17, 15) is 9.90 Å². The first kappa shape index (κ1) is 16.6. The molecule has 0 saturated heterocycles. The Bertz CT molecular complexity index is 479. The summed E-state index contributed by atoms with van der Waals surface area (Å²) in [6.07, 6.45) is 5.28. The van der Waals surface area contributed by atoms with E-state index in [1.807, 2.05) is 31.2 Å². The fraction of sp³-hybridized carbons (Fsp3) is 0.588. The van der Waals surface area contributed by atoms with Crippen LogP contribution in [0.5, 0.6) is 5.75 Å². The van der Waals surface area contributed by atoms with Gasteiger partial charge in [-0.3, -0.25) is 0 Å². The number of carbonyl (C=O) groups is 1. The van der Waals surface area contributed by atoms with Crippen LogP contribution in [-0.2, 0) is 0 Å². The first-order valence-electron chi connectivity index (χ1n) is 8.14. The largest absolute Gasteiger partial charge is 0.492 e. The van der Waals surface area contributed by atoms with Crippen LogP contribution in [0.2, 0.25) is 0 Å². The molecule has 122 valence electrons. The molecular weight excluding hydrogens is 280 g/mol. The zero-order valence-corrected chi connectivity index (χ0v) is 13.2. The molecule has 1 aliphatic rings. The molecule has 0 spiro atoms. The van der Waals surface area contributed by atoms with Crippen molar-refractivity contribution in [3.8, 4) is 5.75 Å².